The van der Waals surface area contributed by atoms with Crippen molar-refractivity contribution in [3.63, 3.8) is 0 Å². The third kappa shape index (κ3) is 6.84. The topological polar surface area (TPSA) is 170 Å². The van der Waals surface area contributed by atoms with Gasteiger partial charge in [0.25, 0.3) is 0 Å². The number of aromatic nitrogens is 1. The lowest BCUT2D eigenvalue weighted by Crippen LogP contribution is -2.54. The Labute approximate surface area is 202 Å². The van der Waals surface area contributed by atoms with Gasteiger partial charge in [0.05, 0.1) is 12.1 Å². The fourth-order valence-corrected chi connectivity index (χ4v) is 4.64. The number of nitrogens with one attached hydrogen (secondary N) is 1. The number of ketones is 1. The molecule has 3 atom stereocenters. The minimum absolute atomic E-state index is 0.0289. The highest BCUT2D eigenvalue weighted by Gasteiger charge is 2.37. The summed E-state index contributed by atoms with van der Waals surface area (Å²) in [6, 6.07) is 7.32. The van der Waals surface area contributed by atoms with E-state index in [9.17, 15) is 14.4 Å². The van der Waals surface area contributed by atoms with Gasteiger partial charge in [0.1, 0.15) is 6.04 Å². The third-order valence-corrected chi connectivity index (χ3v) is 6.46. The largest absolute Gasteiger partial charge is 0.370 e. The Morgan fingerprint density at radius 3 is 2.68 bits per heavy atom. The van der Waals surface area contributed by atoms with Crippen LogP contribution in [-0.4, -0.2) is 64.7 Å². The number of hydrogen-bond donors (Lipinski definition) is 4. The van der Waals surface area contributed by atoms with E-state index in [4.69, 9.17) is 17.2 Å². The van der Waals surface area contributed by atoms with E-state index in [-0.39, 0.29) is 23.6 Å². The van der Waals surface area contributed by atoms with Crippen molar-refractivity contribution in [3.8, 4) is 0 Å². The molecule has 0 aliphatic carbocycles. The molecule has 1 saturated heterocycles. The summed E-state index contributed by atoms with van der Waals surface area (Å²) in [6.07, 6.45) is 3.98. The molecular weight excluding hydrogens is 454 g/mol. The average molecular weight is 486 g/mol. The monoisotopic (exact) mass is 485 g/mol. The smallest absolute Gasteiger partial charge is 0.243 e. The Balaban J connectivity index is 1.65. The first-order valence-corrected chi connectivity index (χ1v) is 12.1. The lowest BCUT2D eigenvalue weighted by Gasteiger charge is -2.28. The van der Waals surface area contributed by atoms with Crippen molar-refractivity contribution in [1.82, 2.24) is 15.2 Å². The van der Waals surface area contributed by atoms with Crippen LogP contribution in [0.15, 0.2) is 46.9 Å². The van der Waals surface area contributed by atoms with Crippen LogP contribution < -0.4 is 22.5 Å². The van der Waals surface area contributed by atoms with E-state index in [2.05, 4.69) is 15.3 Å². The lowest BCUT2D eigenvalue weighted by atomic mass is 10.0. The third-order valence-electron chi connectivity index (χ3n) is 5.68. The van der Waals surface area contributed by atoms with Crippen LogP contribution in [0.5, 0.6) is 0 Å². The highest BCUT2D eigenvalue weighted by Crippen LogP contribution is 2.20. The molecule has 3 rings (SSSR count). The van der Waals surface area contributed by atoms with Gasteiger partial charge in [-0.05, 0) is 37.7 Å². The van der Waals surface area contributed by atoms with Gasteiger partial charge in [-0.2, -0.15) is 0 Å². The first kappa shape index (κ1) is 25.3. The molecule has 0 unspecified atom stereocenters. The number of carbonyl (C=O) groups is 3. The predicted molar refractivity (Wildman–Crippen MR) is 131 cm³/mol. The standard InChI is InChI=1S/C23H31N7O3S/c24-16(14-15-6-2-1-3-7-15)22(33)30-12-5-9-18(30)20(32)29-17(8-4-10-28-23(25)26)19(31)21-27-11-13-34-21/h1-3,6-7,11,13,16-18H,4-5,8-10,12,14,24H2,(H,29,32)(H4,25,26,28)/t16-,17+,18+/m1/s1. The Morgan fingerprint density at radius 2 is 2.00 bits per heavy atom. The summed E-state index contributed by atoms with van der Waals surface area (Å²) in [4.78, 5) is 48.7. The first-order valence-electron chi connectivity index (χ1n) is 11.3. The van der Waals surface area contributed by atoms with Gasteiger partial charge in [-0.3, -0.25) is 19.4 Å². The van der Waals surface area contributed by atoms with Crippen molar-refractivity contribution in [2.75, 3.05) is 13.1 Å². The molecule has 0 radical (unpaired) electrons. The second kappa shape index (κ2) is 12.2. The number of thiazole rings is 1. The van der Waals surface area contributed by atoms with E-state index < -0.39 is 18.1 Å². The summed E-state index contributed by atoms with van der Waals surface area (Å²) in [5.74, 6) is -0.935. The van der Waals surface area contributed by atoms with Crippen molar-refractivity contribution >= 4 is 34.9 Å². The van der Waals surface area contributed by atoms with Gasteiger partial charge in [-0.15, -0.1) is 11.3 Å². The molecule has 0 saturated carbocycles. The van der Waals surface area contributed by atoms with Crippen LogP contribution in [0.2, 0.25) is 0 Å². The maximum absolute atomic E-state index is 13.2. The second-order valence-corrected chi connectivity index (χ2v) is 9.09. The molecule has 2 heterocycles. The second-order valence-electron chi connectivity index (χ2n) is 8.20. The molecule has 2 amide bonds. The molecule has 1 aromatic carbocycles. The maximum Gasteiger partial charge on any atom is 0.243 e. The molecule has 34 heavy (non-hydrogen) atoms. The Kier molecular flexibility index (Phi) is 9.11. The van der Waals surface area contributed by atoms with Crippen molar-refractivity contribution in [2.45, 2.75) is 50.2 Å². The molecule has 10 nitrogen and oxygen atoms in total. The summed E-state index contributed by atoms with van der Waals surface area (Å²) < 4.78 is 0. The number of Topliss-reactive ketones (excluding diaryl/α,β-unsaturated/α-hetero) is 1. The molecule has 2 aromatic rings. The zero-order chi connectivity index (χ0) is 24.5. The Hall–Kier alpha value is -3.31. The van der Waals surface area contributed by atoms with Gasteiger partial charge in [0.15, 0.2) is 11.0 Å². The number of likely N-dealkylation sites (tertiary alicyclic amines) is 1. The number of carbonyl (C=O) groups excluding carboxylic acids is 3. The SMILES string of the molecule is NC(N)=NCCC[C@H](NC(=O)[C@@H]1CCCN1C(=O)[C@H](N)Cc1ccccc1)C(=O)c1nccs1. The summed E-state index contributed by atoms with van der Waals surface area (Å²) >= 11 is 1.21. The quantitative estimate of drug-likeness (QED) is 0.155. The van der Waals surface area contributed by atoms with E-state index in [1.807, 2.05) is 30.3 Å². The van der Waals surface area contributed by atoms with Gasteiger partial charge < -0.3 is 27.4 Å². The van der Waals surface area contributed by atoms with E-state index in [1.165, 1.54) is 16.2 Å². The minimum Gasteiger partial charge on any atom is -0.370 e. The number of amides is 2. The van der Waals surface area contributed by atoms with E-state index in [0.717, 1.165) is 5.56 Å². The predicted octanol–water partition coefficient (Wildman–Crippen LogP) is 0.425. The van der Waals surface area contributed by atoms with Crippen LogP contribution in [0.1, 0.15) is 41.0 Å². The van der Waals surface area contributed by atoms with E-state index in [0.29, 0.717) is 50.2 Å². The van der Waals surface area contributed by atoms with Crippen molar-refractivity contribution in [1.29, 1.82) is 0 Å². The Morgan fingerprint density at radius 1 is 1.24 bits per heavy atom. The fourth-order valence-electron chi connectivity index (χ4n) is 4.01. The van der Waals surface area contributed by atoms with Gasteiger partial charge in [0.2, 0.25) is 17.6 Å². The molecule has 182 valence electrons. The Bertz CT molecular complexity index is 993. The van der Waals surface area contributed by atoms with E-state index >= 15 is 0 Å². The van der Waals surface area contributed by atoms with Crippen LogP contribution in [0, 0.1) is 0 Å². The van der Waals surface area contributed by atoms with Crippen LogP contribution >= 0.6 is 11.3 Å². The summed E-state index contributed by atoms with van der Waals surface area (Å²) in [7, 11) is 0. The van der Waals surface area contributed by atoms with Crippen LogP contribution in [0.3, 0.4) is 0 Å². The molecule has 1 aliphatic rings. The summed E-state index contributed by atoms with van der Waals surface area (Å²) in [6.45, 7) is 0.789. The molecule has 0 bridgehead atoms. The van der Waals surface area contributed by atoms with Crippen molar-refractivity contribution < 1.29 is 14.4 Å². The number of nitrogens with two attached hydrogens (primary N) is 3. The number of guanidine groups is 1. The zero-order valence-electron chi connectivity index (χ0n) is 18.9. The molecule has 11 heteroatoms. The number of benzene rings is 1. The summed E-state index contributed by atoms with van der Waals surface area (Å²) in [5, 5.41) is 4.86. The van der Waals surface area contributed by atoms with Gasteiger partial charge >= 0.3 is 0 Å². The van der Waals surface area contributed by atoms with Gasteiger partial charge in [-0.25, -0.2) is 4.98 Å². The lowest BCUT2D eigenvalue weighted by molar-refractivity contribution is -0.139. The molecule has 1 aromatic heterocycles. The first-order chi connectivity index (χ1) is 16.4. The van der Waals surface area contributed by atoms with Gasteiger partial charge in [0, 0.05) is 24.7 Å². The van der Waals surface area contributed by atoms with Crippen LogP contribution in [0.4, 0.5) is 0 Å². The number of nitrogens with zero attached hydrogens (tertiary/aromatic N) is 3. The maximum atomic E-state index is 13.2. The highest BCUT2D eigenvalue weighted by atomic mass is 32.1. The number of hydrogen-bond acceptors (Lipinski definition) is 7. The fraction of sp³-hybridized carbons (Fsp3) is 0.435. The highest BCUT2D eigenvalue weighted by molar-refractivity contribution is 7.11. The van der Waals surface area contributed by atoms with Crippen LogP contribution in [0.25, 0.3) is 0 Å². The van der Waals surface area contributed by atoms with Crippen molar-refractivity contribution in [2.24, 2.45) is 22.2 Å². The van der Waals surface area contributed by atoms with Gasteiger partial charge in [-0.1, -0.05) is 30.3 Å². The van der Waals surface area contributed by atoms with Crippen LogP contribution in [-0.2, 0) is 16.0 Å². The molecular formula is C23H31N7O3S. The average Bonchev–Trinajstić information content (AvgIpc) is 3.53. The number of aliphatic imine (C=N–C) groups is 1. The molecule has 7 N–H and O–H groups in total. The number of rotatable bonds is 11. The molecule has 1 aliphatic heterocycles. The van der Waals surface area contributed by atoms with E-state index in [1.54, 1.807) is 11.6 Å². The molecule has 1 fully saturated rings. The summed E-state index contributed by atoms with van der Waals surface area (Å²) in [5.41, 5.74) is 17.9. The molecule has 0 spiro atoms. The zero-order valence-corrected chi connectivity index (χ0v) is 19.7. The minimum atomic E-state index is -0.789. The van der Waals surface area contributed by atoms with Crippen molar-refractivity contribution in [3.05, 3.63) is 52.5 Å². The normalized spacial score (nSPS) is 17.1.